The summed E-state index contributed by atoms with van der Waals surface area (Å²) >= 11 is 0. The summed E-state index contributed by atoms with van der Waals surface area (Å²) in [6.07, 6.45) is 1.68. The SMILES string of the molecule is Cl.NCc1ccc(CNC(=O)C2CC23CCOc2ccccc23)c(F)c1. The van der Waals surface area contributed by atoms with Crippen molar-refractivity contribution < 1.29 is 13.9 Å². The second-order valence-corrected chi connectivity index (χ2v) is 6.86. The van der Waals surface area contributed by atoms with Crippen LogP contribution in [0.1, 0.15) is 29.5 Å². The number of carbonyl (C=O) groups excluding carboxylic acids is 1. The van der Waals surface area contributed by atoms with Gasteiger partial charge in [-0.2, -0.15) is 0 Å². The number of ether oxygens (including phenoxy) is 1. The Morgan fingerprint density at radius 2 is 2.12 bits per heavy atom. The smallest absolute Gasteiger partial charge is 0.224 e. The van der Waals surface area contributed by atoms with Crippen LogP contribution in [0.25, 0.3) is 0 Å². The molecule has 0 bridgehead atoms. The number of carbonyl (C=O) groups is 1. The Morgan fingerprint density at radius 1 is 1.31 bits per heavy atom. The van der Waals surface area contributed by atoms with Crippen LogP contribution in [-0.4, -0.2) is 12.5 Å². The highest BCUT2D eigenvalue weighted by Crippen LogP contribution is 2.60. The van der Waals surface area contributed by atoms with Gasteiger partial charge in [0.2, 0.25) is 5.91 Å². The molecule has 1 spiro atoms. The average Bonchev–Trinajstić information content (AvgIpc) is 3.35. The van der Waals surface area contributed by atoms with Crippen molar-refractivity contribution in [3.05, 3.63) is 65.0 Å². The maximum atomic E-state index is 14.0. The highest BCUT2D eigenvalue weighted by molar-refractivity contribution is 5.85. The highest BCUT2D eigenvalue weighted by atomic mass is 35.5. The number of benzene rings is 2. The van der Waals surface area contributed by atoms with Gasteiger partial charge in [-0.1, -0.05) is 30.3 Å². The number of para-hydroxylation sites is 1. The lowest BCUT2D eigenvalue weighted by atomic mass is 9.87. The molecule has 2 aromatic carbocycles. The predicted molar refractivity (Wildman–Crippen MR) is 99.7 cm³/mol. The standard InChI is InChI=1S/C20H21FN2O2.ClH/c21-17-9-13(11-22)5-6-14(17)12-23-19(24)16-10-20(16)7-8-25-18-4-2-1-3-15(18)20;/h1-6,9,16H,7-8,10-12,22H2,(H,23,24);1H. The van der Waals surface area contributed by atoms with E-state index in [1.54, 1.807) is 12.1 Å². The first kappa shape index (κ1) is 18.7. The fourth-order valence-electron chi connectivity index (χ4n) is 3.87. The van der Waals surface area contributed by atoms with Gasteiger partial charge in [0.05, 0.1) is 6.61 Å². The molecule has 1 amide bonds. The molecule has 26 heavy (non-hydrogen) atoms. The van der Waals surface area contributed by atoms with Crippen LogP contribution in [-0.2, 0) is 23.3 Å². The molecule has 1 aliphatic carbocycles. The van der Waals surface area contributed by atoms with E-state index in [-0.39, 0.29) is 42.0 Å². The summed E-state index contributed by atoms with van der Waals surface area (Å²) in [6.45, 7) is 1.13. The fraction of sp³-hybridized carbons (Fsp3) is 0.350. The summed E-state index contributed by atoms with van der Waals surface area (Å²) in [4.78, 5) is 12.6. The molecule has 0 saturated heterocycles. The van der Waals surface area contributed by atoms with Crippen molar-refractivity contribution in [1.29, 1.82) is 0 Å². The average molecular weight is 377 g/mol. The Balaban J connectivity index is 0.00000196. The topological polar surface area (TPSA) is 64.3 Å². The Hall–Kier alpha value is -2.11. The van der Waals surface area contributed by atoms with Gasteiger partial charge in [-0.05, 0) is 30.5 Å². The van der Waals surface area contributed by atoms with Crippen molar-refractivity contribution in [2.75, 3.05) is 6.61 Å². The molecule has 138 valence electrons. The number of hydrogen-bond donors (Lipinski definition) is 2. The minimum atomic E-state index is -0.329. The first-order chi connectivity index (χ1) is 12.1. The molecule has 1 heterocycles. The lowest BCUT2D eigenvalue weighted by Gasteiger charge is -2.26. The third-order valence-corrected chi connectivity index (χ3v) is 5.43. The van der Waals surface area contributed by atoms with Gasteiger partial charge in [0, 0.05) is 35.5 Å². The zero-order valence-corrected chi connectivity index (χ0v) is 15.2. The molecule has 0 aromatic heterocycles. The van der Waals surface area contributed by atoms with Crippen molar-refractivity contribution in [1.82, 2.24) is 5.32 Å². The monoisotopic (exact) mass is 376 g/mol. The summed E-state index contributed by atoms with van der Waals surface area (Å²) in [5, 5.41) is 2.89. The number of fused-ring (bicyclic) bond motifs is 2. The quantitative estimate of drug-likeness (QED) is 0.862. The molecule has 0 radical (unpaired) electrons. The van der Waals surface area contributed by atoms with Crippen molar-refractivity contribution in [3.63, 3.8) is 0 Å². The van der Waals surface area contributed by atoms with Gasteiger partial charge in [0.25, 0.3) is 0 Å². The van der Waals surface area contributed by atoms with Gasteiger partial charge in [-0.25, -0.2) is 4.39 Å². The molecule has 1 fully saturated rings. The molecule has 4 nitrogen and oxygen atoms in total. The third-order valence-electron chi connectivity index (χ3n) is 5.43. The second kappa shape index (κ2) is 7.25. The van der Waals surface area contributed by atoms with E-state index in [1.165, 1.54) is 6.07 Å². The summed E-state index contributed by atoms with van der Waals surface area (Å²) in [7, 11) is 0. The normalized spacial score (nSPS) is 22.8. The largest absolute Gasteiger partial charge is 0.493 e. The van der Waals surface area contributed by atoms with E-state index >= 15 is 0 Å². The molecule has 1 saturated carbocycles. The van der Waals surface area contributed by atoms with Crippen LogP contribution in [0.5, 0.6) is 5.75 Å². The maximum Gasteiger partial charge on any atom is 0.224 e. The van der Waals surface area contributed by atoms with Gasteiger partial charge in [-0.15, -0.1) is 12.4 Å². The molecule has 2 unspecified atom stereocenters. The molecule has 2 aliphatic rings. The van der Waals surface area contributed by atoms with E-state index in [0.717, 1.165) is 29.7 Å². The Bertz CT molecular complexity index is 829. The molecule has 2 aromatic rings. The van der Waals surface area contributed by atoms with E-state index in [1.807, 2.05) is 24.3 Å². The van der Waals surface area contributed by atoms with Gasteiger partial charge < -0.3 is 15.8 Å². The minimum absolute atomic E-state index is 0. The van der Waals surface area contributed by atoms with E-state index in [9.17, 15) is 9.18 Å². The Morgan fingerprint density at radius 3 is 2.88 bits per heavy atom. The summed E-state index contributed by atoms with van der Waals surface area (Å²) in [5.41, 5.74) is 7.75. The Labute approximate surface area is 158 Å². The second-order valence-electron chi connectivity index (χ2n) is 6.86. The number of nitrogens with one attached hydrogen (secondary N) is 1. The van der Waals surface area contributed by atoms with Crippen molar-refractivity contribution >= 4 is 18.3 Å². The maximum absolute atomic E-state index is 14.0. The molecule has 2 atom stereocenters. The summed E-state index contributed by atoms with van der Waals surface area (Å²) in [6, 6.07) is 12.8. The van der Waals surface area contributed by atoms with Gasteiger partial charge in [0.15, 0.2) is 0 Å². The van der Waals surface area contributed by atoms with E-state index in [4.69, 9.17) is 10.5 Å². The molecule has 6 heteroatoms. The molecular formula is C20H22ClFN2O2. The number of hydrogen-bond acceptors (Lipinski definition) is 3. The third kappa shape index (κ3) is 3.17. The fourth-order valence-corrected chi connectivity index (χ4v) is 3.87. The highest BCUT2D eigenvalue weighted by Gasteiger charge is 2.60. The number of rotatable bonds is 4. The van der Waals surface area contributed by atoms with E-state index < -0.39 is 0 Å². The Kier molecular flexibility index (Phi) is 5.21. The van der Waals surface area contributed by atoms with Gasteiger partial charge in [0.1, 0.15) is 11.6 Å². The lowest BCUT2D eigenvalue weighted by molar-refractivity contribution is -0.123. The van der Waals surface area contributed by atoms with Crippen LogP contribution < -0.4 is 15.8 Å². The first-order valence-corrected chi connectivity index (χ1v) is 8.61. The summed E-state index contributed by atoms with van der Waals surface area (Å²) in [5.74, 6) is 0.473. The molecule has 1 aliphatic heterocycles. The number of halogens is 2. The predicted octanol–water partition coefficient (Wildman–Crippen LogP) is 3.06. The van der Waals surface area contributed by atoms with Crippen LogP contribution in [0.4, 0.5) is 4.39 Å². The molecule has 3 N–H and O–H groups in total. The summed E-state index contributed by atoms with van der Waals surface area (Å²) < 4.78 is 19.7. The van der Waals surface area contributed by atoms with Gasteiger partial charge in [-0.3, -0.25) is 4.79 Å². The zero-order valence-electron chi connectivity index (χ0n) is 14.3. The number of nitrogens with two attached hydrogens (primary N) is 1. The minimum Gasteiger partial charge on any atom is -0.493 e. The number of amides is 1. The van der Waals surface area contributed by atoms with Crippen LogP contribution in [0.15, 0.2) is 42.5 Å². The first-order valence-electron chi connectivity index (χ1n) is 8.61. The van der Waals surface area contributed by atoms with Crippen LogP contribution in [0, 0.1) is 11.7 Å². The lowest BCUT2D eigenvalue weighted by Crippen LogP contribution is -2.30. The van der Waals surface area contributed by atoms with Crippen LogP contribution in [0.3, 0.4) is 0 Å². The molecule has 4 rings (SSSR count). The van der Waals surface area contributed by atoms with E-state index in [0.29, 0.717) is 18.7 Å². The van der Waals surface area contributed by atoms with E-state index in [2.05, 4.69) is 5.32 Å². The zero-order chi connectivity index (χ0) is 17.4. The molecular weight excluding hydrogens is 355 g/mol. The van der Waals surface area contributed by atoms with Crippen molar-refractivity contribution in [2.24, 2.45) is 11.7 Å². The van der Waals surface area contributed by atoms with Crippen molar-refractivity contribution in [2.45, 2.75) is 31.3 Å². The van der Waals surface area contributed by atoms with Gasteiger partial charge >= 0.3 is 0 Å². The van der Waals surface area contributed by atoms with Crippen molar-refractivity contribution in [3.8, 4) is 5.75 Å². The van der Waals surface area contributed by atoms with Crippen LogP contribution in [0.2, 0.25) is 0 Å². The van der Waals surface area contributed by atoms with Crippen LogP contribution >= 0.6 is 12.4 Å².